The second-order valence-corrected chi connectivity index (χ2v) is 6.18. The third-order valence-corrected chi connectivity index (χ3v) is 3.80. The minimum Gasteiger partial charge on any atom is -0.316 e. The Morgan fingerprint density at radius 1 is 1.00 bits per heavy atom. The summed E-state index contributed by atoms with van der Waals surface area (Å²) in [6.07, 6.45) is 0. The van der Waals surface area contributed by atoms with E-state index in [2.05, 4.69) is 65.1 Å². The molecule has 0 saturated heterocycles. The van der Waals surface area contributed by atoms with Gasteiger partial charge in [0.2, 0.25) is 0 Å². The number of rotatable bonds is 6. The number of benzene rings is 1. The van der Waals surface area contributed by atoms with Crippen LogP contribution in [0.1, 0.15) is 50.3 Å². The maximum Gasteiger partial charge on any atom is -0.00173 e. The summed E-state index contributed by atoms with van der Waals surface area (Å²) in [7, 11) is 0. The van der Waals surface area contributed by atoms with Crippen LogP contribution in [0, 0.1) is 25.7 Å². The van der Waals surface area contributed by atoms with Crippen molar-refractivity contribution in [2.24, 2.45) is 11.8 Å². The Labute approximate surface area is 113 Å². The van der Waals surface area contributed by atoms with Crippen LogP contribution in [0.15, 0.2) is 18.2 Å². The van der Waals surface area contributed by atoms with Gasteiger partial charge in [-0.2, -0.15) is 0 Å². The average molecular weight is 247 g/mol. The van der Waals surface area contributed by atoms with E-state index in [1.807, 2.05) is 0 Å². The fourth-order valence-electron chi connectivity index (χ4n) is 2.33. The molecule has 0 aromatic heterocycles. The molecule has 1 nitrogen and oxygen atoms in total. The van der Waals surface area contributed by atoms with E-state index >= 15 is 0 Å². The summed E-state index contributed by atoms with van der Waals surface area (Å²) in [5.74, 6) is 2.02. The molecule has 0 amide bonds. The fraction of sp³-hybridized carbons (Fsp3) is 0.647. The molecule has 0 spiro atoms. The van der Waals surface area contributed by atoms with Crippen LogP contribution in [0.5, 0.6) is 0 Å². The van der Waals surface area contributed by atoms with Crippen molar-refractivity contribution in [3.63, 3.8) is 0 Å². The zero-order valence-electron chi connectivity index (χ0n) is 12.9. The Hall–Kier alpha value is -0.820. The lowest BCUT2D eigenvalue weighted by Crippen LogP contribution is -2.27. The van der Waals surface area contributed by atoms with E-state index in [4.69, 9.17) is 0 Å². The SMILES string of the molecule is Cc1ccc(C)c(C(C)C(C)CNCC(C)C)c1. The first kappa shape index (κ1) is 15.2. The van der Waals surface area contributed by atoms with Crippen LogP contribution in [0.4, 0.5) is 0 Å². The van der Waals surface area contributed by atoms with Gasteiger partial charge in [0.25, 0.3) is 0 Å². The molecule has 0 aliphatic rings. The first-order valence-corrected chi connectivity index (χ1v) is 7.19. The van der Waals surface area contributed by atoms with E-state index < -0.39 is 0 Å². The van der Waals surface area contributed by atoms with Crippen LogP contribution < -0.4 is 5.32 Å². The molecule has 0 radical (unpaired) electrons. The zero-order chi connectivity index (χ0) is 13.7. The predicted molar refractivity (Wildman–Crippen MR) is 81.2 cm³/mol. The molecule has 0 fully saturated rings. The van der Waals surface area contributed by atoms with Crippen LogP contribution >= 0.6 is 0 Å². The molecule has 1 aromatic rings. The van der Waals surface area contributed by atoms with Crippen molar-refractivity contribution in [3.8, 4) is 0 Å². The number of aryl methyl sites for hydroxylation is 2. The smallest absolute Gasteiger partial charge is 0.00173 e. The Balaban J connectivity index is 2.62. The first-order valence-electron chi connectivity index (χ1n) is 7.19. The topological polar surface area (TPSA) is 12.0 Å². The molecule has 1 N–H and O–H groups in total. The third-order valence-electron chi connectivity index (χ3n) is 3.80. The van der Waals surface area contributed by atoms with Crippen molar-refractivity contribution in [1.29, 1.82) is 0 Å². The van der Waals surface area contributed by atoms with E-state index in [-0.39, 0.29) is 0 Å². The molecule has 2 atom stereocenters. The Morgan fingerprint density at radius 3 is 2.28 bits per heavy atom. The zero-order valence-corrected chi connectivity index (χ0v) is 12.9. The van der Waals surface area contributed by atoms with Gasteiger partial charge < -0.3 is 5.32 Å². The molecule has 18 heavy (non-hydrogen) atoms. The molecule has 102 valence electrons. The molecule has 0 aliphatic heterocycles. The minimum absolute atomic E-state index is 0.615. The Kier molecular flexibility index (Phi) is 5.87. The van der Waals surface area contributed by atoms with E-state index in [0.29, 0.717) is 11.8 Å². The van der Waals surface area contributed by atoms with Crippen LogP contribution in [0.25, 0.3) is 0 Å². The van der Waals surface area contributed by atoms with E-state index in [9.17, 15) is 0 Å². The fourth-order valence-corrected chi connectivity index (χ4v) is 2.33. The van der Waals surface area contributed by atoms with Crippen molar-refractivity contribution in [2.75, 3.05) is 13.1 Å². The quantitative estimate of drug-likeness (QED) is 0.791. The Bertz CT molecular complexity index is 368. The van der Waals surface area contributed by atoms with Gasteiger partial charge >= 0.3 is 0 Å². The molecular formula is C17H29N. The molecular weight excluding hydrogens is 218 g/mol. The second-order valence-electron chi connectivity index (χ2n) is 6.18. The molecule has 0 aliphatic carbocycles. The lowest BCUT2D eigenvalue weighted by molar-refractivity contribution is 0.427. The first-order chi connectivity index (χ1) is 8.41. The summed E-state index contributed by atoms with van der Waals surface area (Å²) in [5, 5.41) is 3.57. The van der Waals surface area contributed by atoms with Gasteiger partial charge in [-0.15, -0.1) is 0 Å². The largest absolute Gasteiger partial charge is 0.316 e. The maximum atomic E-state index is 3.57. The van der Waals surface area contributed by atoms with E-state index in [0.717, 1.165) is 19.0 Å². The lowest BCUT2D eigenvalue weighted by Gasteiger charge is -2.23. The van der Waals surface area contributed by atoms with Crippen molar-refractivity contribution >= 4 is 0 Å². The summed E-state index contributed by atoms with van der Waals surface area (Å²) in [6, 6.07) is 6.79. The second kappa shape index (κ2) is 6.94. The van der Waals surface area contributed by atoms with Crippen molar-refractivity contribution < 1.29 is 0 Å². The van der Waals surface area contributed by atoms with Gasteiger partial charge in [-0.1, -0.05) is 51.5 Å². The molecule has 1 rings (SSSR count). The maximum absolute atomic E-state index is 3.57. The van der Waals surface area contributed by atoms with Gasteiger partial charge in [0, 0.05) is 0 Å². The summed E-state index contributed by atoms with van der Waals surface area (Å²) >= 11 is 0. The summed E-state index contributed by atoms with van der Waals surface area (Å²) < 4.78 is 0. The van der Waals surface area contributed by atoms with Gasteiger partial charge in [-0.25, -0.2) is 0 Å². The highest BCUT2D eigenvalue weighted by Crippen LogP contribution is 2.27. The number of hydrogen-bond acceptors (Lipinski definition) is 1. The van der Waals surface area contributed by atoms with Gasteiger partial charge in [0.05, 0.1) is 0 Å². The Morgan fingerprint density at radius 2 is 1.67 bits per heavy atom. The number of hydrogen-bond donors (Lipinski definition) is 1. The highest BCUT2D eigenvalue weighted by molar-refractivity contribution is 5.33. The summed E-state index contributed by atoms with van der Waals surface area (Å²) in [6.45, 7) is 15.8. The van der Waals surface area contributed by atoms with E-state index in [1.165, 1.54) is 16.7 Å². The van der Waals surface area contributed by atoms with Crippen LogP contribution in [0.2, 0.25) is 0 Å². The van der Waals surface area contributed by atoms with Crippen LogP contribution in [-0.4, -0.2) is 13.1 Å². The average Bonchev–Trinajstić information content (AvgIpc) is 2.30. The predicted octanol–water partition coefficient (Wildman–Crippen LogP) is 4.29. The number of nitrogens with one attached hydrogen (secondary N) is 1. The standard InChI is InChI=1S/C17H29N/c1-12(2)10-18-11-15(5)16(6)17-9-13(3)7-8-14(17)4/h7-9,12,15-16,18H,10-11H2,1-6H3. The monoisotopic (exact) mass is 247 g/mol. The highest BCUT2D eigenvalue weighted by Gasteiger charge is 2.16. The molecule has 2 unspecified atom stereocenters. The summed E-state index contributed by atoms with van der Waals surface area (Å²) in [5.41, 5.74) is 4.29. The van der Waals surface area contributed by atoms with Crippen molar-refractivity contribution in [2.45, 2.75) is 47.5 Å². The molecule has 1 aromatic carbocycles. The lowest BCUT2D eigenvalue weighted by atomic mass is 9.85. The van der Waals surface area contributed by atoms with Gasteiger partial charge in [-0.05, 0) is 55.8 Å². The van der Waals surface area contributed by atoms with E-state index in [1.54, 1.807) is 0 Å². The van der Waals surface area contributed by atoms with Gasteiger partial charge in [0.1, 0.15) is 0 Å². The third kappa shape index (κ3) is 4.45. The minimum atomic E-state index is 0.615. The van der Waals surface area contributed by atoms with Crippen molar-refractivity contribution in [1.82, 2.24) is 5.32 Å². The molecule has 0 bridgehead atoms. The summed E-state index contributed by atoms with van der Waals surface area (Å²) in [4.78, 5) is 0. The molecule has 0 heterocycles. The molecule has 0 saturated carbocycles. The normalized spacial score (nSPS) is 14.8. The van der Waals surface area contributed by atoms with Crippen LogP contribution in [0.3, 0.4) is 0 Å². The van der Waals surface area contributed by atoms with Gasteiger partial charge in [-0.3, -0.25) is 0 Å². The van der Waals surface area contributed by atoms with Crippen molar-refractivity contribution in [3.05, 3.63) is 34.9 Å². The molecule has 1 heteroatoms. The highest BCUT2D eigenvalue weighted by atomic mass is 14.9. The van der Waals surface area contributed by atoms with Gasteiger partial charge in [0.15, 0.2) is 0 Å². The van der Waals surface area contributed by atoms with Crippen LogP contribution in [-0.2, 0) is 0 Å².